The quantitative estimate of drug-likeness (QED) is 0.736. The minimum absolute atomic E-state index is 0.0397. The van der Waals surface area contributed by atoms with Crippen LogP contribution in [0, 0.1) is 6.92 Å². The van der Waals surface area contributed by atoms with Crippen molar-refractivity contribution in [3.8, 4) is 0 Å². The lowest BCUT2D eigenvalue weighted by Crippen LogP contribution is -2.32. The predicted molar refractivity (Wildman–Crippen MR) is 111 cm³/mol. The van der Waals surface area contributed by atoms with Crippen molar-refractivity contribution in [1.82, 2.24) is 9.21 Å². The van der Waals surface area contributed by atoms with E-state index >= 15 is 0 Å². The van der Waals surface area contributed by atoms with Crippen molar-refractivity contribution >= 4 is 15.9 Å². The van der Waals surface area contributed by atoms with Crippen LogP contribution in [0.2, 0.25) is 0 Å². The van der Waals surface area contributed by atoms with E-state index in [1.165, 1.54) is 4.31 Å². The van der Waals surface area contributed by atoms with E-state index in [4.69, 9.17) is 0 Å². The molecule has 1 amide bonds. The first-order valence-corrected chi connectivity index (χ1v) is 11.3. The first-order valence-electron chi connectivity index (χ1n) is 9.86. The van der Waals surface area contributed by atoms with Crippen LogP contribution in [0.3, 0.4) is 0 Å². The molecule has 0 bridgehead atoms. The fourth-order valence-electron chi connectivity index (χ4n) is 3.91. The highest BCUT2D eigenvalue weighted by Gasteiger charge is 2.32. The fraction of sp³-hybridized carbons (Fsp3) is 0.409. The molecular weight excluding hydrogens is 372 g/mol. The van der Waals surface area contributed by atoms with Crippen LogP contribution in [0.5, 0.6) is 0 Å². The molecule has 0 aromatic heterocycles. The Morgan fingerprint density at radius 2 is 1.79 bits per heavy atom. The summed E-state index contributed by atoms with van der Waals surface area (Å²) in [4.78, 5) is 15.3. The van der Waals surface area contributed by atoms with Crippen molar-refractivity contribution in [3.63, 3.8) is 0 Å². The largest absolute Gasteiger partial charge is 0.332 e. The normalized spacial score (nSPS) is 17.3. The van der Waals surface area contributed by atoms with Gasteiger partial charge in [-0.15, -0.1) is 0 Å². The zero-order valence-corrected chi connectivity index (χ0v) is 17.6. The van der Waals surface area contributed by atoms with Gasteiger partial charge >= 0.3 is 0 Å². The molecule has 150 valence electrons. The van der Waals surface area contributed by atoms with E-state index in [1.54, 1.807) is 25.1 Å². The molecule has 1 aliphatic heterocycles. The Hall–Kier alpha value is -2.18. The average molecular weight is 401 g/mol. The number of carbonyl (C=O) groups excluding carboxylic acids is 1. The van der Waals surface area contributed by atoms with Crippen LogP contribution in [-0.4, -0.2) is 43.2 Å². The highest BCUT2D eigenvalue weighted by Crippen LogP contribution is 2.33. The minimum atomic E-state index is -3.61. The van der Waals surface area contributed by atoms with Crippen molar-refractivity contribution in [1.29, 1.82) is 0 Å². The molecule has 1 aliphatic rings. The molecule has 0 radical (unpaired) electrons. The number of nitrogens with zero attached hydrogens (tertiary/aromatic N) is 2. The topological polar surface area (TPSA) is 57.7 Å². The monoisotopic (exact) mass is 400 g/mol. The maximum atomic E-state index is 13.2. The molecule has 2 aromatic rings. The van der Waals surface area contributed by atoms with Crippen molar-refractivity contribution in [2.24, 2.45) is 0 Å². The Balaban J connectivity index is 1.95. The minimum Gasteiger partial charge on any atom is -0.332 e. The van der Waals surface area contributed by atoms with E-state index in [-0.39, 0.29) is 16.8 Å². The molecule has 1 fully saturated rings. The Labute approximate surface area is 168 Å². The zero-order chi connectivity index (χ0) is 20.3. The summed E-state index contributed by atoms with van der Waals surface area (Å²) in [7, 11) is -3.61. The highest BCUT2D eigenvalue weighted by atomic mass is 32.2. The van der Waals surface area contributed by atoms with E-state index in [0.717, 1.165) is 18.4 Å². The molecule has 0 N–H and O–H groups in total. The van der Waals surface area contributed by atoms with Gasteiger partial charge in [0.1, 0.15) is 0 Å². The van der Waals surface area contributed by atoms with Crippen molar-refractivity contribution in [2.75, 3.05) is 19.6 Å². The second-order valence-electron chi connectivity index (χ2n) is 7.14. The van der Waals surface area contributed by atoms with Crippen LogP contribution >= 0.6 is 0 Å². The summed E-state index contributed by atoms with van der Waals surface area (Å²) < 4.78 is 27.4. The molecule has 1 saturated heterocycles. The summed E-state index contributed by atoms with van der Waals surface area (Å²) in [6, 6.07) is 15.1. The van der Waals surface area contributed by atoms with E-state index < -0.39 is 10.0 Å². The van der Waals surface area contributed by atoms with Gasteiger partial charge in [0.2, 0.25) is 10.0 Å². The molecule has 0 saturated carbocycles. The first kappa shape index (κ1) is 20.6. The van der Waals surface area contributed by atoms with Gasteiger partial charge in [0, 0.05) is 25.2 Å². The predicted octanol–water partition coefficient (Wildman–Crippen LogP) is 4.00. The number of sulfonamides is 1. The molecule has 2 aromatic carbocycles. The molecule has 1 heterocycles. The number of rotatable bonds is 6. The SMILES string of the molecule is CCN(CC)S(=O)(=O)c1cc(C(=O)N2CCCC2c2ccccc2)ccc1C. The third-order valence-corrected chi connectivity index (χ3v) is 7.65. The number of aryl methyl sites for hydroxylation is 1. The lowest BCUT2D eigenvalue weighted by Gasteiger charge is -2.26. The summed E-state index contributed by atoms with van der Waals surface area (Å²) in [6.07, 6.45) is 1.87. The van der Waals surface area contributed by atoms with Gasteiger partial charge in [-0.2, -0.15) is 4.31 Å². The van der Waals surface area contributed by atoms with Gasteiger partial charge in [-0.05, 0) is 43.0 Å². The standard InChI is InChI=1S/C22H28N2O3S/c1-4-23(5-2)28(26,27)21-16-19(14-13-17(21)3)22(25)24-15-9-12-20(24)18-10-7-6-8-11-18/h6-8,10-11,13-14,16,20H,4-5,9,12,15H2,1-3H3. The van der Waals surface area contributed by atoms with Gasteiger partial charge < -0.3 is 4.90 Å². The molecule has 0 spiro atoms. The Morgan fingerprint density at radius 3 is 2.43 bits per heavy atom. The van der Waals surface area contributed by atoms with Crippen molar-refractivity contribution in [3.05, 3.63) is 65.2 Å². The van der Waals surface area contributed by atoms with Crippen molar-refractivity contribution in [2.45, 2.75) is 44.6 Å². The van der Waals surface area contributed by atoms with E-state index in [0.29, 0.717) is 30.8 Å². The Morgan fingerprint density at radius 1 is 1.11 bits per heavy atom. The molecule has 0 aliphatic carbocycles. The third-order valence-electron chi connectivity index (χ3n) is 5.46. The number of hydrogen-bond donors (Lipinski definition) is 0. The summed E-state index contributed by atoms with van der Waals surface area (Å²) >= 11 is 0. The Kier molecular flexibility index (Phi) is 6.20. The molecule has 1 atom stereocenters. The maximum Gasteiger partial charge on any atom is 0.254 e. The van der Waals surface area contributed by atoms with Crippen LogP contribution in [0.15, 0.2) is 53.4 Å². The zero-order valence-electron chi connectivity index (χ0n) is 16.8. The van der Waals surface area contributed by atoms with Gasteiger partial charge in [0.15, 0.2) is 0 Å². The van der Waals surface area contributed by atoms with Crippen molar-refractivity contribution < 1.29 is 13.2 Å². The average Bonchev–Trinajstić information content (AvgIpc) is 3.19. The van der Waals surface area contributed by atoms with Gasteiger partial charge in [-0.25, -0.2) is 8.42 Å². The Bertz CT molecular complexity index is 938. The number of likely N-dealkylation sites (tertiary alicyclic amines) is 1. The van der Waals surface area contributed by atoms with E-state index in [1.807, 2.05) is 49.1 Å². The molecule has 6 heteroatoms. The third kappa shape index (κ3) is 3.84. The molecular formula is C22H28N2O3S. The van der Waals surface area contributed by atoms with Crippen LogP contribution < -0.4 is 0 Å². The molecule has 28 heavy (non-hydrogen) atoms. The number of carbonyl (C=O) groups is 1. The van der Waals surface area contributed by atoms with Crippen LogP contribution in [0.1, 0.15) is 54.2 Å². The van der Waals surface area contributed by atoms with Gasteiger partial charge in [-0.1, -0.05) is 50.2 Å². The number of hydrogen-bond acceptors (Lipinski definition) is 3. The van der Waals surface area contributed by atoms with E-state index in [9.17, 15) is 13.2 Å². The lowest BCUT2D eigenvalue weighted by atomic mass is 10.0. The second-order valence-corrected chi connectivity index (χ2v) is 9.04. The molecule has 1 unspecified atom stereocenters. The second kappa shape index (κ2) is 8.45. The summed E-state index contributed by atoms with van der Waals surface area (Å²) in [5.74, 6) is -0.109. The number of benzene rings is 2. The summed E-state index contributed by atoms with van der Waals surface area (Å²) in [5, 5.41) is 0. The van der Waals surface area contributed by atoms with Crippen LogP contribution in [-0.2, 0) is 10.0 Å². The summed E-state index contributed by atoms with van der Waals surface area (Å²) in [6.45, 7) is 6.90. The molecule has 5 nitrogen and oxygen atoms in total. The molecule has 3 rings (SSSR count). The maximum absolute atomic E-state index is 13.2. The summed E-state index contributed by atoms with van der Waals surface area (Å²) in [5.41, 5.74) is 2.21. The van der Waals surface area contributed by atoms with Gasteiger partial charge in [0.05, 0.1) is 10.9 Å². The smallest absolute Gasteiger partial charge is 0.254 e. The number of amides is 1. The lowest BCUT2D eigenvalue weighted by molar-refractivity contribution is 0.0735. The fourth-order valence-corrected chi connectivity index (χ4v) is 5.62. The first-order chi connectivity index (χ1) is 13.4. The van der Waals surface area contributed by atoms with Crippen LogP contribution in [0.4, 0.5) is 0 Å². The van der Waals surface area contributed by atoms with Crippen LogP contribution in [0.25, 0.3) is 0 Å². The van der Waals surface area contributed by atoms with E-state index in [2.05, 4.69) is 0 Å². The highest BCUT2D eigenvalue weighted by molar-refractivity contribution is 7.89. The van der Waals surface area contributed by atoms with Gasteiger partial charge in [-0.3, -0.25) is 4.79 Å². The van der Waals surface area contributed by atoms with Gasteiger partial charge in [0.25, 0.3) is 5.91 Å².